The van der Waals surface area contributed by atoms with Gasteiger partial charge in [-0.2, -0.15) is 0 Å². The number of hydrogen-bond acceptors (Lipinski definition) is 3. The molecule has 0 unspecified atom stereocenters. The Hall–Kier alpha value is -1.85. The lowest BCUT2D eigenvalue weighted by Crippen LogP contribution is -2.32. The molecule has 0 spiro atoms. The molecule has 2 aliphatic rings. The van der Waals surface area contributed by atoms with E-state index in [4.69, 9.17) is 0 Å². The van der Waals surface area contributed by atoms with Crippen molar-refractivity contribution >= 4 is 17.8 Å². The van der Waals surface area contributed by atoms with Crippen LogP contribution in [-0.4, -0.2) is 30.4 Å². The molecule has 110 valence electrons. The minimum absolute atomic E-state index is 0.0737. The average Bonchev–Trinajstić information content (AvgIpc) is 2.76. The fourth-order valence-corrected chi connectivity index (χ4v) is 2.52. The third-order valence-electron chi connectivity index (χ3n) is 3.67. The highest BCUT2D eigenvalue weighted by Crippen LogP contribution is 2.19. The molecule has 3 N–H and O–H groups in total. The summed E-state index contributed by atoms with van der Waals surface area (Å²) in [4.78, 5) is 33.8. The summed E-state index contributed by atoms with van der Waals surface area (Å²) in [6, 6.07) is -1.06. The number of amides is 4. The zero-order valence-electron chi connectivity index (χ0n) is 11.5. The average molecular weight is 279 g/mol. The summed E-state index contributed by atoms with van der Waals surface area (Å²) >= 11 is 0. The van der Waals surface area contributed by atoms with Gasteiger partial charge in [0, 0.05) is 13.0 Å². The number of imide groups is 1. The highest BCUT2D eigenvalue weighted by molar-refractivity contribution is 6.04. The van der Waals surface area contributed by atoms with E-state index in [0.717, 1.165) is 19.3 Å². The molecule has 1 saturated heterocycles. The molecule has 1 heterocycles. The summed E-state index contributed by atoms with van der Waals surface area (Å²) in [5, 5.41) is 7.48. The first kappa shape index (κ1) is 14.6. The van der Waals surface area contributed by atoms with Crippen LogP contribution in [-0.2, 0) is 9.59 Å². The maximum atomic E-state index is 11.7. The molecule has 0 aromatic carbocycles. The van der Waals surface area contributed by atoms with Crippen molar-refractivity contribution in [3.63, 3.8) is 0 Å². The molecule has 0 aromatic rings. The van der Waals surface area contributed by atoms with E-state index in [2.05, 4.69) is 22.0 Å². The molecule has 0 aromatic heterocycles. The zero-order valence-corrected chi connectivity index (χ0v) is 11.5. The van der Waals surface area contributed by atoms with Gasteiger partial charge >= 0.3 is 6.03 Å². The van der Waals surface area contributed by atoms with E-state index in [0.29, 0.717) is 13.0 Å². The van der Waals surface area contributed by atoms with Crippen LogP contribution in [0.5, 0.6) is 0 Å². The van der Waals surface area contributed by atoms with Crippen molar-refractivity contribution < 1.29 is 14.4 Å². The van der Waals surface area contributed by atoms with Gasteiger partial charge in [-0.25, -0.2) is 4.79 Å². The molecule has 1 atom stereocenters. The number of urea groups is 1. The Morgan fingerprint density at radius 1 is 1.35 bits per heavy atom. The van der Waals surface area contributed by atoms with Crippen LogP contribution in [0.15, 0.2) is 11.6 Å². The Kier molecular flexibility index (Phi) is 5.15. The summed E-state index contributed by atoms with van der Waals surface area (Å²) in [5.41, 5.74) is 1.43. The molecule has 6 nitrogen and oxygen atoms in total. The summed E-state index contributed by atoms with van der Waals surface area (Å²) in [6.45, 7) is 0.647. The highest BCUT2D eigenvalue weighted by Gasteiger charge is 2.29. The Labute approximate surface area is 118 Å². The van der Waals surface area contributed by atoms with Crippen LogP contribution in [0.2, 0.25) is 0 Å². The molecule has 6 heteroatoms. The van der Waals surface area contributed by atoms with Gasteiger partial charge in [-0.3, -0.25) is 14.9 Å². The van der Waals surface area contributed by atoms with Crippen LogP contribution in [0.25, 0.3) is 0 Å². The van der Waals surface area contributed by atoms with Crippen molar-refractivity contribution in [2.24, 2.45) is 0 Å². The SMILES string of the molecule is O=C(CC[C@@H]1NC(=O)NC1=O)NCCC1=CCCCC1. The second-order valence-corrected chi connectivity index (χ2v) is 5.26. The van der Waals surface area contributed by atoms with Crippen LogP contribution in [0.1, 0.15) is 44.9 Å². The minimum atomic E-state index is -0.575. The van der Waals surface area contributed by atoms with E-state index in [-0.39, 0.29) is 18.2 Å². The minimum Gasteiger partial charge on any atom is -0.356 e. The smallest absolute Gasteiger partial charge is 0.322 e. The molecule has 4 amide bonds. The fraction of sp³-hybridized carbons (Fsp3) is 0.643. The largest absolute Gasteiger partial charge is 0.356 e. The lowest BCUT2D eigenvalue weighted by Gasteiger charge is -2.13. The second-order valence-electron chi connectivity index (χ2n) is 5.26. The first-order chi connectivity index (χ1) is 9.65. The maximum absolute atomic E-state index is 11.7. The maximum Gasteiger partial charge on any atom is 0.322 e. The molecule has 20 heavy (non-hydrogen) atoms. The number of carbonyl (C=O) groups excluding carboxylic acids is 3. The standard InChI is InChI=1S/C14H21N3O3/c18-12(7-6-11-13(19)17-14(20)16-11)15-9-8-10-4-2-1-3-5-10/h4,11H,1-3,5-9H2,(H,15,18)(H2,16,17,19,20)/t11-/m0/s1. The van der Waals surface area contributed by atoms with E-state index >= 15 is 0 Å². The van der Waals surface area contributed by atoms with E-state index < -0.39 is 12.1 Å². The Bertz CT molecular complexity index is 431. The van der Waals surface area contributed by atoms with Gasteiger partial charge in [0.2, 0.25) is 5.91 Å². The number of nitrogens with one attached hydrogen (secondary N) is 3. The van der Waals surface area contributed by atoms with E-state index in [9.17, 15) is 14.4 Å². The summed E-state index contributed by atoms with van der Waals surface area (Å²) < 4.78 is 0. The van der Waals surface area contributed by atoms with Crippen molar-refractivity contribution in [3.8, 4) is 0 Å². The molecule has 2 rings (SSSR count). The molecule has 1 fully saturated rings. The zero-order chi connectivity index (χ0) is 14.4. The lowest BCUT2D eigenvalue weighted by molar-refractivity contribution is -0.122. The van der Waals surface area contributed by atoms with Gasteiger partial charge in [0.05, 0.1) is 0 Å². The van der Waals surface area contributed by atoms with E-state index in [1.54, 1.807) is 0 Å². The molecule has 1 aliphatic heterocycles. The van der Waals surface area contributed by atoms with Gasteiger partial charge < -0.3 is 10.6 Å². The van der Waals surface area contributed by atoms with Crippen molar-refractivity contribution in [2.45, 2.75) is 51.0 Å². The topological polar surface area (TPSA) is 87.3 Å². The predicted molar refractivity (Wildman–Crippen MR) is 73.9 cm³/mol. The normalized spacial score (nSPS) is 22.0. The van der Waals surface area contributed by atoms with Crippen molar-refractivity contribution in [1.82, 2.24) is 16.0 Å². The van der Waals surface area contributed by atoms with Crippen LogP contribution >= 0.6 is 0 Å². The first-order valence-corrected chi connectivity index (χ1v) is 7.21. The summed E-state index contributed by atoms with van der Waals surface area (Å²) in [5.74, 6) is -0.425. The Morgan fingerprint density at radius 3 is 2.85 bits per heavy atom. The molecular formula is C14H21N3O3. The van der Waals surface area contributed by atoms with Crippen molar-refractivity contribution in [3.05, 3.63) is 11.6 Å². The van der Waals surface area contributed by atoms with Crippen LogP contribution in [0, 0.1) is 0 Å². The van der Waals surface area contributed by atoms with Gasteiger partial charge in [0.15, 0.2) is 0 Å². The summed E-state index contributed by atoms with van der Waals surface area (Å²) in [6.07, 6.45) is 8.58. The molecule has 0 radical (unpaired) electrons. The van der Waals surface area contributed by atoms with Crippen LogP contribution < -0.4 is 16.0 Å². The van der Waals surface area contributed by atoms with Gasteiger partial charge in [-0.1, -0.05) is 11.6 Å². The van der Waals surface area contributed by atoms with E-state index in [1.165, 1.54) is 18.4 Å². The monoisotopic (exact) mass is 279 g/mol. The molecular weight excluding hydrogens is 258 g/mol. The number of carbonyl (C=O) groups is 3. The van der Waals surface area contributed by atoms with Crippen molar-refractivity contribution in [2.75, 3.05) is 6.54 Å². The number of rotatable bonds is 6. The third kappa shape index (κ3) is 4.36. The summed E-state index contributed by atoms with van der Waals surface area (Å²) in [7, 11) is 0. The Balaban J connectivity index is 1.59. The highest BCUT2D eigenvalue weighted by atomic mass is 16.2. The first-order valence-electron chi connectivity index (χ1n) is 7.21. The second kappa shape index (κ2) is 7.07. The van der Waals surface area contributed by atoms with Gasteiger partial charge in [0.1, 0.15) is 6.04 Å². The van der Waals surface area contributed by atoms with Crippen LogP contribution in [0.3, 0.4) is 0 Å². The lowest BCUT2D eigenvalue weighted by atomic mass is 9.97. The quantitative estimate of drug-likeness (QED) is 0.500. The molecule has 1 aliphatic carbocycles. The number of hydrogen-bond donors (Lipinski definition) is 3. The van der Waals surface area contributed by atoms with E-state index in [1.807, 2.05) is 0 Å². The number of allylic oxidation sites excluding steroid dienone is 1. The predicted octanol–water partition coefficient (Wildman–Crippen LogP) is 0.981. The van der Waals surface area contributed by atoms with Gasteiger partial charge in [-0.15, -0.1) is 0 Å². The fourth-order valence-electron chi connectivity index (χ4n) is 2.52. The Morgan fingerprint density at radius 2 is 2.20 bits per heavy atom. The van der Waals surface area contributed by atoms with Gasteiger partial charge in [0.25, 0.3) is 5.91 Å². The van der Waals surface area contributed by atoms with Crippen LogP contribution in [0.4, 0.5) is 4.79 Å². The van der Waals surface area contributed by atoms with Crippen molar-refractivity contribution in [1.29, 1.82) is 0 Å². The molecule has 0 saturated carbocycles. The molecule has 0 bridgehead atoms. The third-order valence-corrected chi connectivity index (χ3v) is 3.67. The van der Waals surface area contributed by atoms with Gasteiger partial charge in [-0.05, 0) is 38.5 Å².